The highest BCUT2D eigenvalue weighted by atomic mass is 32.2. The van der Waals surface area contributed by atoms with Gasteiger partial charge in [0.2, 0.25) is 15.9 Å². The van der Waals surface area contributed by atoms with Gasteiger partial charge < -0.3 is 9.64 Å². The molecule has 0 bridgehead atoms. The van der Waals surface area contributed by atoms with Crippen LogP contribution in [0.25, 0.3) is 0 Å². The molecule has 0 aliphatic carbocycles. The van der Waals surface area contributed by atoms with E-state index in [1.165, 1.54) is 22.5 Å². The van der Waals surface area contributed by atoms with Gasteiger partial charge >= 0.3 is 0 Å². The van der Waals surface area contributed by atoms with Gasteiger partial charge in [0.25, 0.3) is 0 Å². The summed E-state index contributed by atoms with van der Waals surface area (Å²) in [5, 5.41) is 0. The summed E-state index contributed by atoms with van der Waals surface area (Å²) in [6.45, 7) is 3.44. The molecule has 26 heavy (non-hydrogen) atoms. The van der Waals surface area contributed by atoms with Gasteiger partial charge in [-0.2, -0.15) is 4.31 Å². The van der Waals surface area contributed by atoms with Crippen LogP contribution in [0.2, 0.25) is 0 Å². The maximum absolute atomic E-state index is 13.9. The van der Waals surface area contributed by atoms with Crippen LogP contribution in [0.3, 0.4) is 0 Å². The Kier molecular flexibility index (Phi) is 5.94. The summed E-state index contributed by atoms with van der Waals surface area (Å²) in [6, 6.07) is 5.61. The van der Waals surface area contributed by atoms with E-state index in [-0.39, 0.29) is 36.0 Å². The normalized spacial score (nSPS) is 20.8. The standard InChI is InChI=1S/C18H25FN2O4S/c1-14(22)21(16-8-12-25-13-9-16)15-6-10-20(11-7-15)26(23,24)18-5-3-2-4-17(18)19/h2-5,15-16H,6-13H2,1H3. The fourth-order valence-corrected chi connectivity index (χ4v) is 5.46. The maximum atomic E-state index is 13.9. The molecule has 0 radical (unpaired) electrons. The van der Waals surface area contributed by atoms with E-state index in [2.05, 4.69) is 0 Å². The molecule has 2 saturated heterocycles. The third-order valence-electron chi connectivity index (χ3n) is 5.22. The molecular weight excluding hydrogens is 359 g/mol. The quantitative estimate of drug-likeness (QED) is 0.796. The lowest BCUT2D eigenvalue weighted by molar-refractivity contribution is -0.137. The van der Waals surface area contributed by atoms with Crippen LogP contribution in [-0.4, -0.2) is 61.9 Å². The molecule has 2 heterocycles. The van der Waals surface area contributed by atoms with E-state index in [0.717, 1.165) is 18.9 Å². The molecule has 1 amide bonds. The number of carbonyl (C=O) groups excluding carboxylic acids is 1. The second-order valence-electron chi connectivity index (χ2n) is 6.84. The number of sulfonamides is 1. The third kappa shape index (κ3) is 3.92. The smallest absolute Gasteiger partial charge is 0.245 e. The van der Waals surface area contributed by atoms with Crippen LogP contribution in [0, 0.1) is 5.82 Å². The molecule has 2 aliphatic heterocycles. The summed E-state index contributed by atoms with van der Waals surface area (Å²) < 4.78 is 46.0. The third-order valence-corrected chi connectivity index (χ3v) is 7.15. The Morgan fingerprint density at radius 3 is 2.27 bits per heavy atom. The first-order valence-corrected chi connectivity index (χ1v) is 10.5. The number of rotatable bonds is 4. The highest BCUT2D eigenvalue weighted by Gasteiger charge is 2.36. The van der Waals surface area contributed by atoms with E-state index in [4.69, 9.17) is 4.74 Å². The summed E-state index contributed by atoms with van der Waals surface area (Å²) in [6.07, 6.45) is 2.75. The first-order valence-electron chi connectivity index (χ1n) is 9.02. The number of halogens is 1. The molecule has 0 N–H and O–H groups in total. The molecule has 8 heteroatoms. The topological polar surface area (TPSA) is 66.9 Å². The molecule has 0 unspecified atom stereocenters. The molecule has 2 fully saturated rings. The number of nitrogens with zero attached hydrogens (tertiary/aromatic N) is 2. The SMILES string of the molecule is CC(=O)N(C1CCOCC1)C1CCN(S(=O)(=O)c2ccccc2F)CC1. The molecule has 3 rings (SSSR count). The first kappa shape index (κ1) is 19.3. The molecule has 0 spiro atoms. The fourth-order valence-electron chi connectivity index (χ4n) is 3.93. The van der Waals surface area contributed by atoms with E-state index in [1.54, 1.807) is 6.92 Å². The minimum absolute atomic E-state index is 0.0164. The number of ether oxygens (including phenoxy) is 1. The van der Waals surface area contributed by atoms with Crippen molar-refractivity contribution in [3.63, 3.8) is 0 Å². The zero-order chi connectivity index (χ0) is 18.7. The molecule has 0 saturated carbocycles. The monoisotopic (exact) mass is 384 g/mol. The molecule has 144 valence electrons. The van der Waals surface area contributed by atoms with Crippen molar-refractivity contribution < 1.29 is 22.3 Å². The number of hydrogen-bond acceptors (Lipinski definition) is 4. The Morgan fingerprint density at radius 2 is 1.69 bits per heavy atom. The highest BCUT2D eigenvalue weighted by Crippen LogP contribution is 2.27. The summed E-state index contributed by atoms with van der Waals surface area (Å²) >= 11 is 0. The molecule has 1 aromatic rings. The summed E-state index contributed by atoms with van der Waals surface area (Å²) in [7, 11) is -3.85. The minimum atomic E-state index is -3.85. The van der Waals surface area contributed by atoms with Crippen LogP contribution < -0.4 is 0 Å². The van der Waals surface area contributed by atoms with Crippen molar-refractivity contribution in [3.8, 4) is 0 Å². The van der Waals surface area contributed by atoms with Crippen molar-refractivity contribution in [3.05, 3.63) is 30.1 Å². The predicted octanol–water partition coefficient (Wildman–Crippen LogP) is 2.01. The van der Waals surface area contributed by atoms with Gasteiger partial charge in [-0.15, -0.1) is 0 Å². The van der Waals surface area contributed by atoms with Gasteiger partial charge in [0.05, 0.1) is 0 Å². The van der Waals surface area contributed by atoms with E-state index in [0.29, 0.717) is 26.1 Å². The van der Waals surface area contributed by atoms with Crippen LogP contribution >= 0.6 is 0 Å². The zero-order valence-electron chi connectivity index (χ0n) is 14.9. The van der Waals surface area contributed by atoms with Crippen LogP contribution in [0.1, 0.15) is 32.6 Å². The van der Waals surface area contributed by atoms with Crippen molar-refractivity contribution in [2.75, 3.05) is 26.3 Å². The van der Waals surface area contributed by atoms with E-state index >= 15 is 0 Å². The Balaban J connectivity index is 1.70. The number of amides is 1. The van der Waals surface area contributed by atoms with Crippen molar-refractivity contribution in [2.24, 2.45) is 0 Å². The summed E-state index contributed by atoms with van der Waals surface area (Å²) in [5.41, 5.74) is 0. The largest absolute Gasteiger partial charge is 0.381 e. The minimum Gasteiger partial charge on any atom is -0.381 e. The van der Waals surface area contributed by atoms with Gasteiger partial charge in [-0.1, -0.05) is 12.1 Å². The van der Waals surface area contributed by atoms with Crippen LogP contribution in [0.5, 0.6) is 0 Å². The first-order chi connectivity index (χ1) is 12.4. The maximum Gasteiger partial charge on any atom is 0.245 e. The summed E-state index contributed by atoms with van der Waals surface area (Å²) in [4.78, 5) is 13.8. The van der Waals surface area contributed by atoms with Crippen molar-refractivity contribution in [1.82, 2.24) is 9.21 Å². The molecule has 0 atom stereocenters. The molecule has 0 aromatic heterocycles. The lowest BCUT2D eigenvalue weighted by Crippen LogP contribution is -2.53. The molecule has 2 aliphatic rings. The number of benzene rings is 1. The van der Waals surface area contributed by atoms with E-state index < -0.39 is 15.8 Å². The van der Waals surface area contributed by atoms with Gasteiger partial charge in [-0.05, 0) is 37.8 Å². The van der Waals surface area contributed by atoms with Crippen LogP contribution in [0.4, 0.5) is 4.39 Å². The van der Waals surface area contributed by atoms with E-state index in [1.807, 2.05) is 4.90 Å². The average molecular weight is 384 g/mol. The highest BCUT2D eigenvalue weighted by molar-refractivity contribution is 7.89. The Morgan fingerprint density at radius 1 is 1.12 bits per heavy atom. The number of carbonyl (C=O) groups is 1. The molecule has 1 aromatic carbocycles. The van der Waals surface area contributed by atoms with Crippen molar-refractivity contribution >= 4 is 15.9 Å². The second-order valence-corrected chi connectivity index (χ2v) is 8.74. The van der Waals surface area contributed by atoms with Gasteiger partial charge in [0.15, 0.2) is 0 Å². The van der Waals surface area contributed by atoms with Gasteiger partial charge in [0, 0.05) is 45.3 Å². The lowest BCUT2D eigenvalue weighted by Gasteiger charge is -2.43. The molecular formula is C18H25FN2O4S. The van der Waals surface area contributed by atoms with Crippen LogP contribution in [-0.2, 0) is 19.6 Å². The Hall–Kier alpha value is -1.51. The fraction of sp³-hybridized carbons (Fsp3) is 0.611. The average Bonchev–Trinajstić information content (AvgIpc) is 2.63. The zero-order valence-corrected chi connectivity index (χ0v) is 15.8. The van der Waals surface area contributed by atoms with Gasteiger partial charge in [-0.3, -0.25) is 4.79 Å². The Bertz CT molecular complexity index is 741. The van der Waals surface area contributed by atoms with Gasteiger partial charge in [-0.25, -0.2) is 12.8 Å². The lowest BCUT2D eigenvalue weighted by atomic mass is 9.99. The number of piperidine rings is 1. The van der Waals surface area contributed by atoms with Gasteiger partial charge in [0.1, 0.15) is 10.7 Å². The number of hydrogen-bond donors (Lipinski definition) is 0. The predicted molar refractivity (Wildman–Crippen MR) is 94.5 cm³/mol. The van der Waals surface area contributed by atoms with Crippen molar-refractivity contribution in [2.45, 2.75) is 49.6 Å². The second kappa shape index (κ2) is 8.02. The summed E-state index contributed by atoms with van der Waals surface area (Å²) in [5.74, 6) is -0.713. The van der Waals surface area contributed by atoms with Crippen molar-refractivity contribution in [1.29, 1.82) is 0 Å². The molecule has 6 nitrogen and oxygen atoms in total. The Labute approximate surface area is 154 Å². The van der Waals surface area contributed by atoms with E-state index in [9.17, 15) is 17.6 Å². The van der Waals surface area contributed by atoms with Crippen LogP contribution in [0.15, 0.2) is 29.2 Å².